The number of carbonyl (C=O) groups is 2. The first-order chi connectivity index (χ1) is 8.62. The van der Waals surface area contributed by atoms with Crippen molar-refractivity contribution in [2.45, 2.75) is 31.3 Å². The number of aldehydes is 1. The van der Waals surface area contributed by atoms with Gasteiger partial charge in [0.05, 0.1) is 6.61 Å². The van der Waals surface area contributed by atoms with Gasteiger partial charge in [-0.15, -0.1) is 0 Å². The molecule has 4 atom stereocenters. The molecule has 0 aromatic heterocycles. The van der Waals surface area contributed by atoms with Gasteiger partial charge >= 0.3 is 10.4 Å². The van der Waals surface area contributed by atoms with E-state index in [-0.39, 0.29) is 6.29 Å². The molecule has 0 aromatic rings. The van der Waals surface area contributed by atoms with Crippen LogP contribution in [0.1, 0.15) is 6.92 Å². The molecule has 0 aliphatic rings. The molecule has 0 bridgehead atoms. The molecule has 19 heavy (non-hydrogen) atoms. The smallest absolute Gasteiger partial charge is 0.394 e. The van der Waals surface area contributed by atoms with Gasteiger partial charge in [-0.1, -0.05) is 0 Å². The molecule has 0 aromatic carbocycles. The van der Waals surface area contributed by atoms with Gasteiger partial charge in [-0.2, -0.15) is 8.42 Å². The Bertz CT molecular complexity index is 408. The molecule has 0 aliphatic carbocycles. The molecular formula is C8H15NO9S. The summed E-state index contributed by atoms with van der Waals surface area (Å²) in [5.41, 5.74) is 0. The standard InChI is InChI=1S/C8H15NO9S/c1-4(12)9-5(2-10)7(14)8(6(13)3-11)18-19(15,16)17/h2,5-8,11,13-14H,3H2,1H3,(H,9,12)(H,15,16,17). The Morgan fingerprint density at radius 2 is 1.95 bits per heavy atom. The van der Waals surface area contributed by atoms with Crippen molar-refractivity contribution < 1.29 is 42.1 Å². The van der Waals surface area contributed by atoms with Crippen molar-refractivity contribution in [2.24, 2.45) is 0 Å². The van der Waals surface area contributed by atoms with E-state index in [2.05, 4.69) is 4.18 Å². The van der Waals surface area contributed by atoms with E-state index in [0.29, 0.717) is 0 Å². The van der Waals surface area contributed by atoms with E-state index in [1.807, 2.05) is 5.32 Å². The van der Waals surface area contributed by atoms with E-state index in [9.17, 15) is 28.2 Å². The molecule has 0 radical (unpaired) electrons. The predicted molar refractivity (Wildman–Crippen MR) is 59.2 cm³/mol. The van der Waals surface area contributed by atoms with Crippen molar-refractivity contribution >= 4 is 22.6 Å². The van der Waals surface area contributed by atoms with Crippen molar-refractivity contribution in [1.82, 2.24) is 5.32 Å². The maximum Gasteiger partial charge on any atom is 0.397 e. The van der Waals surface area contributed by atoms with Crippen LogP contribution < -0.4 is 5.32 Å². The van der Waals surface area contributed by atoms with E-state index in [1.165, 1.54) is 0 Å². The van der Waals surface area contributed by atoms with Gasteiger partial charge in [0.15, 0.2) is 0 Å². The van der Waals surface area contributed by atoms with Crippen LogP contribution in [0.4, 0.5) is 0 Å². The Morgan fingerprint density at radius 1 is 1.42 bits per heavy atom. The molecule has 1 amide bonds. The third-order valence-corrected chi connectivity index (χ3v) is 2.49. The van der Waals surface area contributed by atoms with Crippen molar-refractivity contribution in [2.75, 3.05) is 6.61 Å². The number of hydrogen-bond donors (Lipinski definition) is 5. The summed E-state index contributed by atoms with van der Waals surface area (Å²) < 4.78 is 33.6. The average molecular weight is 301 g/mol. The van der Waals surface area contributed by atoms with Crippen molar-refractivity contribution in [3.05, 3.63) is 0 Å². The first kappa shape index (κ1) is 17.9. The number of aliphatic hydroxyl groups excluding tert-OH is 3. The zero-order valence-corrected chi connectivity index (χ0v) is 10.6. The van der Waals surface area contributed by atoms with Crippen LogP contribution in [-0.2, 0) is 24.2 Å². The van der Waals surface area contributed by atoms with Gasteiger partial charge in [-0.25, -0.2) is 4.18 Å². The second-order valence-corrected chi connectivity index (χ2v) is 4.64. The zero-order chi connectivity index (χ0) is 15.2. The summed E-state index contributed by atoms with van der Waals surface area (Å²) in [7, 11) is -5.05. The molecule has 0 fully saturated rings. The van der Waals surface area contributed by atoms with E-state index in [0.717, 1.165) is 6.92 Å². The Labute approximate surface area is 109 Å². The number of carbonyl (C=O) groups excluding carboxylic acids is 2. The lowest BCUT2D eigenvalue weighted by Crippen LogP contribution is -2.54. The van der Waals surface area contributed by atoms with Gasteiger partial charge in [0, 0.05) is 6.92 Å². The summed E-state index contributed by atoms with van der Waals surface area (Å²) in [5, 5.41) is 29.6. The van der Waals surface area contributed by atoms with Crippen LogP contribution in [0.3, 0.4) is 0 Å². The summed E-state index contributed by atoms with van der Waals surface area (Å²) in [6.45, 7) is 0.0211. The van der Waals surface area contributed by atoms with Gasteiger partial charge in [0.2, 0.25) is 5.91 Å². The molecular weight excluding hydrogens is 286 g/mol. The quantitative estimate of drug-likeness (QED) is 0.226. The fourth-order valence-corrected chi connectivity index (χ4v) is 1.75. The normalized spacial score (nSPS) is 18.2. The maximum atomic E-state index is 10.8. The molecule has 0 rings (SSSR count). The molecule has 0 spiro atoms. The zero-order valence-electron chi connectivity index (χ0n) is 9.83. The number of aliphatic hydroxyl groups is 3. The molecule has 11 heteroatoms. The van der Waals surface area contributed by atoms with E-state index in [4.69, 9.17) is 9.66 Å². The SMILES string of the molecule is CC(=O)NC(C=O)C(O)C(OS(=O)(=O)O)C(O)CO. The predicted octanol–water partition coefficient (Wildman–Crippen LogP) is -3.41. The summed E-state index contributed by atoms with van der Waals surface area (Å²) in [4.78, 5) is 21.4. The Kier molecular flexibility index (Phi) is 7.04. The Hall–Kier alpha value is -1.11. The minimum absolute atomic E-state index is 0.0799. The van der Waals surface area contributed by atoms with Crippen molar-refractivity contribution in [1.29, 1.82) is 0 Å². The minimum atomic E-state index is -5.05. The van der Waals surface area contributed by atoms with E-state index >= 15 is 0 Å². The summed E-state index contributed by atoms with van der Waals surface area (Å²) >= 11 is 0. The molecule has 112 valence electrons. The van der Waals surface area contributed by atoms with Gasteiger partial charge in [0.1, 0.15) is 30.6 Å². The second kappa shape index (κ2) is 7.47. The number of nitrogens with one attached hydrogen (secondary N) is 1. The molecule has 0 saturated heterocycles. The molecule has 0 aliphatic heterocycles. The highest BCUT2D eigenvalue weighted by molar-refractivity contribution is 7.80. The second-order valence-electron chi connectivity index (χ2n) is 3.59. The van der Waals surface area contributed by atoms with Crippen LogP contribution in [0.5, 0.6) is 0 Å². The lowest BCUT2D eigenvalue weighted by molar-refractivity contribution is -0.128. The lowest BCUT2D eigenvalue weighted by atomic mass is 10.0. The Morgan fingerprint density at radius 3 is 2.26 bits per heavy atom. The lowest BCUT2D eigenvalue weighted by Gasteiger charge is -2.28. The number of rotatable bonds is 8. The van der Waals surface area contributed by atoms with Crippen LogP contribution >= 0.6 is 0 Å². The van der Waals surface area contributed by atoms with Crippen molar-refractivity contribution in [3.8, 4) is 0 Å². The van der Waals surface area contributed by atoms with Crippen LogP contribution in [0.25, 0.3) is 0 Å². The summed E-state index contributed by atoms with van der Waals surface area (Å²) in [6.07, 6.45) is -5.88. The molecule has 4 unspecified atom stereocenters. The van der Waals surface area contributed by atoms with E-state index < -0.39 is 47.3 Å². The first-order valence-electron chi connectivity index (χ1n) is 4.97. The fourth-order valence-electron chi connectivity index (χ4n) is 1.23. The third-order valence-electron chi connectivity index (χ3n) is 2.02. The Balaban J connectivity index is 5.11. The first-order valence-corrected chi connectivity index (χ1v) is 6.34. The summed E-state index contributed by atoms with van der Waals surface area (Å²) in [5.74, 6) is -0.708. The average Bonchev–Trinajstić information content (AvgIpc) is 2.29. The molecule has 0 heterocycles. The highest BCUT2D eigenvalue weighted by Gasteiger charge is 2.37. The molecule has 10 nitrogen and oxygen atoms in total. The molecule has 5 N–H and O–H groups in total. The number of hydrogen-bond acceptors (Lipinski definition) is 8. The van der Waals surface area contributed by atoms with Gasteiger partial charge in [-0.05, 0) is 0 Å². The van der Waals surface area contributed by atoms with Crippen LogP contribution in [-0.4, -0.2) is 71.4 Å². The highest BCUT2D eigenvalue weighted by atomic mass is 32.3. The van der Waals surface area contributed by atoms with Gasteiger partial charge in [-0.3, -0.25) is 9.35 Å². The maximum absolute atomic E-state index is 10.8. The van der Waals surface area contributed by atoms with Crippen LogP contribution in [0, 0.1) is 0 Å². The van der Waals surface area contributed by atoms with Crippen LogP contribution in [0.15, 0.2) is 0 Å². The number of amides is 1. The van der Waals surface area contributed by atoms with Crippen molar-refractivity contribution in [3.63, 3.8) is 0 Å². The largest absolute Gasteiger partial charge is 0.397 e. The van der Waals surface area contributed by atoms with Crippen LogP contribution in [0.2, 0.25) is 0 Å². The van der Waals surface area contributed by atoms with E-state index in [1.54, 1.807) is 0 Å². The molecule has 0 saturated carbocycles. The third kappa shape index (κ3) is 6.56. The highest BCUT2D eigenvalue weighted by Crippen LogP contribution is 2.11. The fraction of sp³-hybridized carbons (Fsp3) is 0.750. The van der Waals surface area contributed by atoms with Gasteiger partial charge in [0.25, 0.3) is 0 Å². The minimum Gasteiger partial charge on any atom is -0.394 e. The van der Waals surface area contributed by atoms with Gasteiger partial charge < -0.3 is 25.4 Å². The topological polar surface area (TPSA) is 170 Å². The monoisotopic (exact) mass is 301 g/mol. The summed E-state index contributed by atoms with van der Waals surface area (Å²) in [6, 6.07) is -1.59.